The van der Waals surface area contributed by atoms with Gasteiger partial charge in [-0.2, -0.15) is 0 Å². The third-order valence-electron chi connectivity index (χ3n) is 9.49. The van der Waals surface area contributed by atoms with Crippen molar-refractivity contribution >= 4 is 35.4 Å². The van der Waals surface area contributed by atoms with E-state index in [9.17, 15) is 28.8 Å². The Hall–Kier alpha value is -3.18. The first-order valence-corrected chi connectivity index (χ1v) is 16.6. The minimum Gasteiger partial charge on any atom is -0.356 e. The van der Waals surface area contributed by atoms with Gasteiger partial charge in [0.25, 0.3) is 5.91 Å². The first-order valence-electron chi connectivity index (χ1n) is 16.6. The van der Waals surface area contributed by atoms with Crippen LogP contribution < -0.4 is 26.6 Å². The van der Waals surface area contributed by atoms with Crippen LogP contribution in [-0.2, 0) is 24.0 Å². The summed E-state index contributed by atoms with van der Waals surface area (Å²) in [4.78, 5) is 81.4. The standard InChI is InChI=1S/C33H56N6O6/c1-10-11-12-13-15-34-28(43)24(40)21(17-19-14-16-35-26(19)41)36-27(42)23-22-20(33(22,8)9)18-39(23)29(44)25(31(2,3)4)37-30(45)38-32(5,6)7/h19-23,25H,10-18H2,1-9H3,(H,34,43)(H,35,41)(H,36,42)(H2,37,38,45)/t19-,20-,21?,22-,23-,25?/m0/s1. The van der Waals surface area contributed by atoms with E-state index >= 15 is 0 Å². The molecule has 2 heterocycles. The molecule has 1 aliphatic carbocycles. The molecule has 12 nitrogen and oxygen atoms in total. The number of Topliss-reactive ketones (excluding diaryl/α,β-unsaturated/α-hetero) is 1. The number of likely N-dealkylation sites (tertiary alicyclic amines) is 1. The summed E-state index contributed by atoms with van der Waals surface area (Å²) in [5.74, 6) is -3.30. The van der Waals surface area contributed by atoms with Crippen LogP contribution >= 0.6 is 0 Å². The Bertz CT molecular complexity index is 1160. The summed E-state index contributed by atoms with van der Waals surface area (Å²) in [5.41, 5.74) is -1.39. The van der Waals surface area contributed by atoms with Gasteiger partial charge in [-0.25, -0.2) is 4.79 Å². The second-order valence-electron chi connectivity index (χ2n) is 15.8. The van der Waals surface area contributed by atoms with Gasteiger partial charge in [-0.1, -0.05) is 60.8 Å². The molecular weight excluding hydrogens is 576 g/mol. The minimum absolute atomic E-state index is 0.00301. The summed E-state index contributed by atoms with van der Waals surface area (Å²) in [5, 5.41) is 13.9. The van der Waals surface area contributed by atoms with Gasteiger partial charge in [-0.15, -0.1) is 0 Å². The molecule has 0 aromatic rings. The molecular formula is C33H56N6O6. The predicted molar refractivity (Wildman–Crippen MR) is 171 cm³/mol. The normalized spacial score (nSPS) is 25.0. The summed E-state index contributed by atoms with van der Waals surface area (Å²) in [7, 11) is 0. The second-order valence-corrected chi connectivity index (χ2v) is 15.8. The lowest BCUT2D eigenvalue weighted by atomic mass is 9.85. The molecule has 45 heavy (non-hydrogen) atoms. The lowest BCUT2D eigenvalue weighted by Gasteiger charge is -2.38. The molecule has 1 saturated carbocycles. The lowest BCUT2D eigenvalue weighted by molar-refractivity contribution is -0.145. The van der Waals surface area contributed by atoms with E-state index in [1.807, 2.05) is 41.5 Å². The van der Waals surface area contributed by atoms with E-state index in [2.05, 4.69) is 47.4 Å². The second kappa shape index (κ2) is 14.1. The number of amides is 6. The van der Waals surface area contributed by atoms with E-state index in [4.69, 9.17) is 0 Å². The van der Waals surface area contributed by atoms with Crippen LogP contribution in [0.25, 0.3) is 0 Å². The van der Waals surface area contributed by atoms with E-state index in [-0.39, 0.29) is 35.5 Å². The summed E-state index contributed by atoms with van der Waals surface area (Å²) in [6.07, 6.45) is 4.24. The zero-order chi connectivity index (χ0) is 33.9. The molecule has 254 valence electrons. The highest BCUT2D eigenvalue weighted by Gasteiger charge is 2.70. The number of rotatable bonds is 13. The van der Waals surface area contributed by atoms with Crippen molar-refractivity contribution in [2.75, 3.05) is 19.6 Å². The number of hydrogen-bond donors (Lipinski definition) is 5. The van der Waals surface area contributed by atoms with Gasteiger partial charge in [0.1, 0.15) is 12.1 Å². The van der Waals surface area contributed by atoms with E-state index in [0.717, 1.165) is 25.7 Å². The van der Waals surface area contributed by atoms with Crippen LogP contribution in [0, 0.1) is 28.6 Å². The highest BCUT2D eigenvalue weighted by atomic mass is 16.2. The topological polar surface area (TPSA) is 166 Å². The summed E-state index contributed by atoms with van der Waals surface area (Å²) in [6.45, 7) is 18.4. The third-order valence-corrected chi connectivity index (χ3v) is 9.49. The van der Waals surface area contributed by atoms with Crippen molar-refractivity contribution in [3.8, 4) is 0 Å². The fourth-order valence-electron chi connectivity index (χ4n) is 6.78. The maximum Gasteiger partial charge on any atom is 0.315 e. The molecule has 0 aromatic heterocycles. The van der Waals surface area contributed by atoms with E-state index < -0.39 is 58.6 Å². The van der Waals surface area contributed by atoms with Gasteiger partial charge in [-0.3, -0.25) is 24.0 Å². The van der Waals surface area contributed by atoms with Crippen LogP contribution in [0.1, 0.15) is 101 Å². The molecule has 3 rings (SSSR count). The average Bonchev–Trinajstić information content (AvgIpc) is 3.25. The average molecular weight is 633 g/mol. The predicted octanol–water partition coefficient (Wildman–Crippen LogP) is 2.26. The molecule has 0 bridgehead atoms. The number of unbranched alkanes of at least 4 members (excludes halogenated alkanes) is 3. The number of hydrogen-bond acceptors (Lipinski definition) is 6. The monoisotopic (exact) mass is 632 g/mol. The van der Waals surface area contributed by atoms with Crippen molar-refractivity contribution < 1.29 is 28.8 Å². The van der Waals surface area contributed by atoms with Gasteiger partial charge in [-0.05, 0) is 62.7 Å². The Kier molecular flexibility index (Phi) is 11.3. The zero-order valence-corrected chi connectivity index (χ0v) is 28.7. The number of piperidine rings is 1. The quantitative estimate of drug-likeness (QED) is 0.154. The molecule has 2 unspecified atom stereocenters. The fraction of sp³-hybridized carbons (Fsp3) is 0.818. The highest BCUT2D eigenvalue weighted by Crippen LogP contribution is 2.65. The first kappa shape index (κ1) is 36.3. The molecule has 12 heteroatoms. The molecule has 0 spiro atoms. The Morgan fingerprint density at radius 1 is 1.00 bits per heavy atom. The van der Waals surface area contributed by atoms with Gasteiger partial charge in [0.2, 0.25) is 23.5 Å². The van der Waals surface area contributed by atoms with Crippen LogP contribution in [-0.4, -0.2) is 83.6 Å². The number of nitrogens with one attached hydrogen (secondary N) is 5. The van der Waals surface area contributed by atoms with Crippen molar-refractivity contribution in [3.05, 3.63) is 0 Å². The molecule has 0 aromatic carbocycles. The fourth-order valence-corrected chi connectivity index (χ4v) is 6.78. The summed E-state index contributed by atoms with van der Waals surface area (Å²) < 4.78 is 0. The van der Waals surface area contributed by atoms with Crippen LogP contribution in [0.3, 0.4) is 0 Å². The van der Waals surface area contributed by atoms with Gasteiger partial charge in [0, 0.05) is 31.1 Å². The van der Waals surface area contributed by atoms with Crippen molar-refractivity contribution in [2.24, 2.45) is 28.6 Å². The number of ketones is 1. The van der Waals surface area contributed by atoms with Gasteiger partial charge in [0.15, 0.2) is 0 Å². The molecule has 2 saturated heterocycles. The number of carbonyl (C=O) groups is 6. The molecule has 6 atom stereocenters. The maximum atomic E-state index is 14.1. The Balaban J connectivity index is 1.83. The SMILES string of the molecule is CCCCCCNC(=O)C(=O)C(C[C@@H]1CCNC1=O)NC(=O)[C@@H]1[C@@H]2[C@H](CN1C(=O)C(NC(=O)NC(C)(C)C)C(C)(C)C)C2(C)C. The molecule has 2 aliphatic heterocycles. The number of nitrogens with zero attached hydrogens (tertiary/aromatic N) is 1. The molecule has 6 amide bonds. The Morgan fingerprint density at radius 3 is 2.22 bits per heavy atom. The summed E-state index contributed by atoms with van der Waals surface area (Å²) in [6, 6.07) is -3.51. The van der Waals surface area contributed by atoms with Crippen LogP contribution in [0.4, 0.5) is 4.79 Å². The van der Waals surface area contributed by atoms with Crippen molar-refractivity contribution in [2.45, 2.75) is 125 Å². The Morgan fingerprint density at radius 2 is 1.67 bits per heavy atom. The highest BCUT2D eigenvalue weighted by molar-refractivity contribution is 6.38. The lowest BCUT2D eigenvalue weighted by Crippen LogP contribution is -2.62. The van der Waals surface area contributed by atoms with Gasteiger partial charge >= 0.3 is 6.03 Å². The zero-order valence-electron chi connectivity index (χ0n) is 28.7. The van der Waals surface area contributed by atoms with Crippen molar-refractivity contribution in [1.29, 1.82) is 0 Å². The van der Waals surface area contributed by atoms with Crippen LogP contribution in [0.2, 0.25) is 0 Å². The van der Waals surface area contributed by atoms with Crippen molar-refractivity contribution in [3.63, 3.8) is 0 Å². The van der Waals surface area contributed by atoms with Gasteiger partial charge in [0.05, 0.1) is 6.04 Å². The summed E-state index contributed by atoms with van der Waals surface area (Å²) >= 11 is 0. The number of carbonyl (C=O) groups excluding carboxylic acids is 6. The molecule has 0 radical (unpaired) electrons. The molecule has 3 aliphatic rings. The molecule has 3 fully saturated rings. The van der Waals surface area contributed by atoms with E-state index in [1.54, 1.807) is 0 Å². The van der Waals surface area contributed by atoms with E-state index in [0.29, 0.717) is 26.1 Å². The van der Waals surface area contributed by atoms with Crippen LogP contribution in [0.15, 0.2) is 0 Å². The van der Waals surface area contributed by atoms with E-state index in [1.165, 1.54) is 4.90 Å². The first-order chi connectivity index (χ1) is 20.8. The smallest absolute Gasteiger partial charge is 0.315 e. The third kappa shape index (κ3) is 8.97. The Labute approximate surface area is 268 Å². The largest absolute Gasteiger partial charge is 0.356 e. The number of urea groups is 1. The maximum absolute atomic E-state index is 14.1. The van der Waals surface area contributed by atoms with Gasteiger partial charge < -0.3 is 31.5 Å². The van der Waals surface area contributed by atoms with Crippen molar-refractivity contribution in [1.82, 2.24) is 31.5 Å². The molecule has 5 N–H and O–H groups in total. The number of fused-ring (bicyclic) bond motifs is 1. The minimum atomic E-state index is -1.21. The van der Waals surface area contributed by atoms with Crippen LogP contribution in [0.5, 0.6) is 0 Å².